The highest BCUT2D eigenvalue weighted by Crippen LogP contribution is 2.34. The third-order valence-corrected chi connectivity index (χ3v) is 4.33. The van der Waals surface area contributed by atoms with Crippen LogP contribution in [-0.2, 0) is 0 Å². The fraction of sp³-hybridized carbons (Fsp3) is 0.0667. The smallest absolute Gasteiger partial charge is 0.107 e. The van der Waals surface area contributed by atoms with Gasteiger partial charge in [-0.3, -0.25) is 0 Å². The van der Waals surface area contributed by atoms with Crippen LogP contribution in [0.4, 0.5) is 0 Å². The maximum atomic E-state index is 10.5. The Bertz CT molecular complexity index is 690. The molecule has 1 unspecified atom stereocenters. The minimum atomic E-state index is -0.680. The summed E-state index contributed by atoms with van der Waals surface area (Å²) < 4.78 is 1.12. The molecule has 0 radical (unpaired) electrons. The number of hydrogen-bond donors (Lipinski definition) is 1. The standard InChI is InChI=1S/C15H11ClOS/c16-13-7-2-1-5-11(13)14(17)12-6-3-4-10-8-9-18-15(10)12/h1-9,14,17H. The molecule has 0 amide bonds. The van der Waals surface area contributed by atoms with E-state index in [1.165, 1.54) is 0 Å². The first-order valence-corrected chi connectivity index (χ1v) is 6.92. The molecule has 0 saturated carbocycles. The van der Waals surface area contributed by atoms with Gasteiger partial charge in [0, 0.05) is 20.8 Å². The van der Waals surface area contributed by atoms with E-state index in [0.717, 1.165) is 21.2 Å². The molecule has 0 aliphatic heterocycles. The van der Waals surface area contributed by atoms with Crippen molar-refractivity contribution in [2.45, 2.75) is 6.10 Å². The average molecular weight is 275 g/mol. The van der Waals surface area contributed by atoms with Gasteiger partial charge in [0.1, 0.15) is 6.10 Å². The van der Waals surface area contributed by atoms with Crippen molar-refractivity contribution in [1.82, 2.24) is 0 Å². The maximum Gasteiger partial charge on any atom is 0.107 e. The molecule has 0 fully saturated rings. The SMILES string of the molecule is OC(c1ccccc1Cl)c1cccc2ccsc12. The predicted octanol–water partition coefficient (Wildman–Crippen LogP) is 4.64. The van der Waals surface area contributed by atoms with Crippen molar-refractivity contribution in [3.8, 4) is 0 Å². The third-order valence-electron chi connectivity index (χ3n) is 3.00. The molecule has 1 aromatic heterocycles. The summed E-state index contributed by atoms with van der Waals surface area (Å²) in [5.74, 6) is 0. The van der Waals surface area contributed by atoms with Crippen molar-refractivity contribution < 1.29 is 5.11 Å². The Morgan fingerprint density at radius 3 is 2.56 bits per heavy atom. The average Bonchev–Trinajstić information content (AvgIpc) is 2.86. The first-order valence-electron chi connectivity index (χ1n) is 5.66. The summed E-state index contributed by atoms with van der Waals surface area (Å²) in [4.78, 5) is 0. The van der Waals surface area contributed by atoms with Crippen LogP contribution >= 0.6 is 22.9 Å². The van der Waals surface area contributed by atoms with Crippen LogP contribution in [0.25, 0.3) is 10.1 Å². The van der Waals surface area contributed by atoms with Crippen LogP contribution < -0.4 is 0 Å². The number of benzene rings is 2. The summed E-state index contributed by atoms with van der Waals surface area (Å²) in [6.07, 6.45) is -0.680. The van der Waals surface area contributed by atoms with Crippen molar-refractivity contribution in [2.24, 2.45) is 0 Å². The van der Waals surface area contributed by atoms with E-state index in [0.29, 0.717) is 5.02 Å². The number of halogens is 1. The Labute approximate surface area is 114 Å². The van der Waals surface area contributed by atoms with E-state index < -0.39 is 6.10 Å². The summed E-state index contributed by atoms with van der Waals surface area (Å²) in [5.41, 5.74) is 1.66. The van der Waals surface area contributed by atoms with Crippen LogP contribution in [0.1, 0.15) is 17.2 Å². The first-order chi connectivity index (χ1) is 8.77. The zero-order chi connectivity index (χ0) is 12.5. The number of rotatable bonds is 2. The van der Waals surface area contributed by atoms with E-state index in [2.05, 4.69) is 12.1 Å². The highest BCUT2D eigenvalue weighted by Gasteiger charge is 2.16. The van der Waals surface area contributed by atoms with Gasteiger partial charge in [-0.05, 0) is 22.9 Å². The van der Waals surface area contributed by atoms with E-state index in [-0.39, 0.29) is 0 Å². The van der Waals surface area contributed by atoms with Crippen molar-refractivity contribution in [3.63, 3.8) is 0 Å². The van der Waals surface area contributed by atoms with Gasteiger partial charge in [-0.25, -0.2) is 0 Å². The van der Waals surface area contributed by atoms with Gasteiger partial charge in [0.05, 0.1) is 0 Å². The third kappa shape index (κ3) is 1.93. The topological polar surface area (TPSA) is 20.2 Å². The van der Waals surface area contributed by atoms with Crippen LogP contribution in [0.15, 0.2) is 53.9 Å². The molecule has 0 aliphatic rings. The number of fused-ring (bicyclic) bond motifs is 1. The monoisotopic (exact) mass is 274 g/mol. The number of hydrogen-bond acceptors (Lipinski definition) is 2. The quantitative estimate of drug-likeness (QED) is 0.722. The summed E-state index contributed by atoms with van der Waals surface area (Å²) in [6.45, 7) is 0. The number of aliphatic hydroxyl groups is 1. The first kappa shape index (κ1) is 11.7. The predicted molar refractivity (Wildman–Crippen MR) is 77.3 cm³/mol. The number of aliphatic hydroxyl groups excluding tert-OH is 1. The van der Waals surface area contributed by atoms with E-state index in [1.807, 2.05) is 35.7 Å². The van der Waals surface area contributed by atoms with Crippen molar-refractivity contribution in [2.75, 3.05) is 0 Å². The molecule has 1 nitrogen and oxygen atoms in total. The molecule has 0 spiro atoms. The normalized spacial score (nSPS) is 12.8. The van der Waals surface area contributed by atoms with Crippen LogP contribution in [-0.4, -0.2) is 5.11 Å². The van der Waals surface area contributed by atoms with Crippen LogP contribution in [0.3, 0.4) is 0 Å². The van der Waals surface area contributed by atoms with Gasteiger partial charge >= 0.3 is 0 Å². The molecule has 0 aliphatic carbocycles. The molecule has 1 heterocycles. The van der Waals surface area contributed by atoms with Crippen molar-refractivity contribution >= 4 is 33.0 Å². The zero-order valence-corrected chi connectivity index (χ0v) is 11.1. The summed E-state index contributed by atoms with van der Waals surface area (Å²) in [7, 11) is 0. The number of thiophene rings is 1. The van der Waals surface area contributed by atoms with Gasteiger partial charge < -0.3 is 5.11 Å². The Balaban J connectivity index is 2.15. The second-order valence-corrected chi connectivity index (χ2v) is 5.43. The minimum absolute atomic E-state index is 0.596. The fourth-order valence-corrected chi connectivity index (χ4v) is 3.27. The molecule has 3 aromatic rings. The molecule has 1 N–H and O–H groups in total. The van der Waals surface area contributed by atoms with E-state index in [1.54, 1.807) is 17.4 Å². The summed E-state index contributed by atoms with van der Waals surface area (Å²) >= 11 is 7.78. The Morgan fingerprint density at radius 2 is 1.72 bits per heavy atom. The van der Waals surface area contributed by atoms with Crippen molar-refractivity contribution in [3.05, 3.63) is 70.1 Å². The van der Waals surface area contributed by atoms with Crippen LogP contribution in [0.2, 0.25) is 5.02 Å². The fourth-order valence-electron chi connectivity index (χ4n) is 2.10. The van der Waals surface area contributed by atoms with E-state index in [9.17, 15) is 5.11 Å². The van der Waals surface area contributed by atoms with Gasteiger partial charge in [0.2, 0.25) is 0 Å². The molecule has 1 atom stereocenters. The lowest BCUT2D eigenvalue weighted by Crippen LogP contribution is -2.00. The van der Waals surface area contributed by atoms with Gasteiger partial charge in [0.15, 0.2) is 0 Å². The lowest BCUT2D eigenvalue weighted by atomic mass is 10.0. The second kappa shape index (κ2) is 4.73. The molecule has 0 bridgehead atoms. The van der Waals surface area contributed by atoms with Crippen LogP contribution in [0.5, 0.6) is 0 Å². The summed E-state index contributed by atoms with van der Waals surface area (Å²) in [5, 5.41) is 14.3. The molecule has 90 valence electrons. The largest absolute Gasteiger partial charge is 0.384 e. The molecule has 0 saturated heterocycles. The van der Waals surface area contributed by atoms with Gasteiger partial charge in [-0.2, -0.15) is 0 Å². The molecule has 18 heavy (non-hydrogen) atoms. The molecule has 2 aromatic carbocycles. The Hall–Kier alpha value is -1.35. The molecule has 3 rings (SSSR count). The van der Waals surface area contributed by atoms with Crippen LogP contribution in [0, 0.1) is 0 Å². The highest BCUT2D eigenvalue weighted by molar-refractivity contribution is 7.17. The summed E-state index contributed by atoms with van der Waals surface area (Å²) in [6, 6.07) is 15.4. The second-order valence-electron chi connectivity index (χ2n) is 4.11. The molecule has 3 heteroatoms. The van der Waals surface area contributed by atoms with Gasteiger partial charge in [-0.15, -0.1) is 11.3 Å². The maximum absolute atomic E-state index is 10.5. The van der Waals surface area contributed by atoms with Gasteiger partial charge in [-0.1, -0.05) is 48.0 Å². The van der Waals surface area contributed by atoms with E-state index >= 15 is 0 Å². The Morgan fingerprint density at radius 1 is 0.944 bits per heavy atom. The minimum Gasteiger partial charge on any atom is -0.384 e. The molecular weight excluding hydrogens is 264 g/mol. The Kier molecular flexibility index (Phi) is 3.08. The lowest BCUT2D eigenvalue weighted by Gasteiger charge is -2.13. The lowest BCUT2D eigenvalue weighted by molar-refractivity contribution is 0.222. The molecular formula is C15H11ClOS. The van der Waals surface area contributed by atoms with Gasteiger partial charge in [0.25, 0.3) is 0 Å². The zero-order valence-electron chi connectivity index (χ0n) is 9.51. The van der Waals surface area contributed by atoms with E-state index in [4.69, 9.17) is 11.6 Å². The van der Waals surface area contributed by atoms with Crippen molar-refractivity contribution in [1.29, 1.82) is 0 Å². The highest BCUT2D eigenvalue weighted by atomic mass is 35.5.